The number of carbonyl (C=O) groups excluding carboxylic acids is 1. The van der Waals surface area contributed by atoms with Crippen LogP contribution in [0.3, 0.4) is 0 Å². The van der Waals surface area contributed by atoms with Gasteiger partial charge in [0.25, 0.3) is 5.91 Å². The van der Waals surface area contributed by atoms with Crippen molar-refractivity contribution in [3.8, 4) is 0 Å². The predicted molar refractivity (Wildman–Crippen MR) is 115 cm³/mol. The summed E-state index contributed by atoms with van der Waals surface area (Å²) in [5.41, 5.74) is 2.08. The molecule has 6 nitrogen and oxygen atoms in total. The number of carbonyl (C=O) groups is 1. The van der Waals surface area contributed by atoms with Crippen LogP contribution in [0, 0.1) is 13.8 Å². The molecule has 1 amide bonds. The van der Waals surface area contributed by atoms with Crippen LogP contribution in [0.5, 0.6) is 0 Å². The summed E-state index contributed by atoms with van der Waals surface area (Å²) in [6.45, 7) is 4.32. The van der Waals surface area contributed by atoms with E-state index in [2.05, 4.69) is 21.2 Å². The number of benzene rings is 2. The minimum atomic E-state index is -3.58. The summed E-state index contributed by atoms with van der Waals surface area (Å²) in [7, 11) is -3.58. The van der Waals surface area contributed by atoms with Gasteiger partial charge >= 0.3 is 0 Å². The molecule has 2 aromatic carbocycles. The third kappa shape index (κ3) is 3.76. The average molecular weight is 476 g/mol. The van der Waals surface area contributed by atoms with Crippen LogP contribution in [0.4, 0.5) is 0 Å². The molecule has 29 heavy (non-hydrogen) atoms. The number of nitrogens with one attached hydrogen (secondary N) is 1. The molecule has 0 atom stereocenters. The number of hydrogen-bond acceptors (Lipinski definition) is 4. The van der Waals surface area contributed by atoms with Gasteiger partial charge in [-0.05, 0) is 43.2 Å². The number of rotatable bonds is 3. The van der Waals surface area contributed by atoms with Crippen LogP contribution in [-0.2, 0) is 14.8 Å². The van der Waals surface area contributed by atoms with Crippen molar-refractivity contribution in [1.82, 2.24) is 9.62 Å². The minimum absolute atomic E-state index is 0.210. The third-order valence-electron chi connectivity index (χ3n) is 5.52. The Hall–Kier alpha value is -2.03. The quantitative estimate of drug-likeness (QED) is 0.740. The molecule has 8 heteroatoms. The van der Waals surface area contributed by atoms with Gasteiger partial charge in [0.2, 0.25) is 10.0 Å². The topological polar surface area (TPSA) is 78.8 Å². The Balaban J connectivity index is 1.55. The van der Waals surface area contributed by atoms with E-state index in [1.807, 2.05) is 50.2 Å². The molecule has 152 valence electrons. The summed E-state index contributed by atoms with van der Waals surface area (Å²) in [5.74, 6) is -0.210. The number of hydrogen-bond donors (Lipinski definition) is 1. The molecule has 0 unspecified atom stereocenters. The van der Waals surface area contributed by atoms with Crippen LogP contribution in [0.2, 0.25) is 0 Å². The van der Waals surface area contributed by atoms with Crippen molar-refractivity contribution in [3.63, 3.8) is 0 Å². The Labute approximate surface area is 179 Å². The molecule has 1 saturated heterocycles. The lowest BCUT2D eigenvalue weighted by molar-refractivity contribution is -0.115. The first kappa shape index (κ1) is 20.3. The second-order valence-corrected chi connectivity index (χ2v) is 10.4. The maximum atomic E-state index is 13.1. The first-order chi connectivity index (χ1) is 13.7. The smallest absolute Gasteiger partial charge is 0.272 e. The Morgan fingerprint density at radius 3 is 2.38 bits per heavy atom. The van der Waals surface area contributed by atoms with Gasteiger partial charge in [0, 0.05) is 36.0 Å². The zero-order valence-corrected chi connectivity index (χ0v) is 18.7. The second-order valence-electron chi connectivity index (χ2n) is 7.63. The van der Waals surface area contributed by atoms with E-state index in [9.17, 15) is 13.2 Å². The van der Waals surface area contributed by atoms with Crippen LogP contribution in [-0.4, -0.2) is 43.1 Å². The van der Waals surface area contributed by atoms with E-state index < -0.39 is 15.7 Å². The van der Waals surface area contributed by atoms with E-state index in [4.69, 9.17) is 4.99 Å². The highest BCUT2D eigenvalue weighted by Crippen LogP contribution is 2.32. The van der Waals surface area contributed by atoms with Crippen LogP contribution >= 0.6 is 15.9 Å². The molecule has 2 heterocycles. The van der Waals surface area contributed by atoms with Gasteiger partial charge in [-0.25, -0.2) is 8.42 Å². The monoisotopic (exact) mass is 475 g/mol. The maximum absolute atomic E-state index is 13.1. The van der Waals surface area contributed by atoms with Gasteiger partial charge in [-0.15, -0.1) is 0 Å². The van der Waals surface area contributed by atoms with E-state index in [1.165, 1.54) is 4.31 Å². The molecule has 0 radical (unpaired) electrons. The SMILES string of the molecule is Cc1ccc(C)c(S(=O)(=O)N2CCC3(CC2)N=C(c2ccc(Br)cc2)C(=O)N3)c1. The molecule has 0 bridgehead atoms. The molecule has 1 spiro atoms. The molecule has 2 aliphatic heterocycles. The first-order valence-electron chi connectivity index (χ1n) is 9.46. The Morgan fingerprint density at radius 2 is 1.72 bits per heavy atom. The van der Waals surface area contributed by atoms with Crippen molar-refractivity contribution in [2.75, 3.05) is 13.1 Å². The normalized spacial score (nSPS) is 19.3. The lowest BCUT2D eigenvalue weighted by Gasteiger charge is -2.36. The molecule has 0 saturated carbocycles. The van der Waals surface area contributed by atoms with Crippen LogP contribution in [0.25, 0.3) is 0 Å². The molecule has 0 aliphatic carbocycles. The second kappa shape index (κ2) is 7.34. The summed E-state index contributed by atoms with van der Waals surface area (Å²) >= 11 is 3.39. The number of halogens is 1. The fraction of sp³-hybridized carbons (Fsp3) is 0.333. The Morgan fingerprint density at radius 1 is 1.07 bits per heavy atom. The van der Waals surface area contributed by atoms with E-state index in [-0.39, 0.29) is 5.91 Å². The summed E-state index contributed by atoms with van der Waals surface area (Å²) < 4.78 is 28.7. The molecule has 0 aromatic heterocycles. The number of nitrogens with zero attached hydrogens (tertiary/aromatic N) is 2. The zero-order chi connectivity index (χ0) is 20.8. The molecular formula is C21H22BrN3O3S. The van der Waals surface area contributed by atoms with Crippen molar-refractivity contribution in [2.24, 2.45) is 4.99 Å². The van der Waals surface area contributed by atoms with Gasteiger partial charge < -0.3 is 5.32 Å². The number of sulfonamides is 1. The van der Waals surface area contributed by atoms with Gasteiger partial charge in [-0.1, -0.05) is 40.2 Å². The van der Waals surface area contributed by atoms with Gasteiger partial charge in [0.15, 0.2) is 0 Å². The lowest BCUT2D eigenvalue weighted by atomic mass is 10.00. The van der Waals surface area contributed by atoms with E-state index in [0.29, 0.717) is 36.5 Å². The van der Waals surface area contributed by atoms with Crippen molar-refractivity contribution in [2.45, 2.75) is 37.2 Å². The van der Waals surface area contributed by atoms with Crippen molar-refractivity contribution in [3.05, 3.63) is 63.6 Å². The van der Waals surface area contributed by atoms with Crippen LogP contribution < -0.4 is 5.32 Å². The Bertz CT molecular complexity index is 1100. The fourth-order valence-corrected chi connectivity index (χ4v) is 5.84. The fourth-order valence-electron chi connectivity index (χ4n) is 3.82. The summed E-state index contributed by atoms with van der Waals surface area (Å²) in [6, 6.07) is 12.9. The van der Waals surface area contributed by atoms with Gasteiger partial charge in [-0.2, -0.15) is 4.31 Å². The standard InChI is InChI=1S/C21H22BrN3O3S/c1-14-3-4-15(2)18(13-14)29(27,28)25-11-9-21(10-12-25)23-19(20(26)24-21)16-5-7-17(22)8-6-16/h3-8,13H,9-12H2,1-2H3,(H,24,26). The van der Waals surface area contributed by atoms with Crippen molar-refractivity contribution in [1.29, 1.82) is 0 Å². The van der Waals surface area contributed by atoms with E-state index in [1.54, 1.807) is 6.07 Å². The van der Waals surface area contributed by atoms with E-state index >= 15 is 0 Å². The minimum Gasteiger partial charge on any atom is -0.326 e. The predicted octanol–water partition coefficient (Wildman–Crippen LogP) is 3.17. The molecule has 1 N–H and O–H groups in total. The lowest BCUT2D eigenvalue weighted by Crippen LogP contribution is -2.52. The first-order valence-corrected chi connectivity index (χ1v) is 11.7. The number of aliphatic imine (C=N–C) groups is 1. The maximum Gasteiger partial charge on any atom is 0.272 e. The van der Waals surface area contributed by atoms with Crippen molar-refractivity contribution < 1.29 is 13.2 Å². The van der Waals surface area contributed by atoms with Gasteiger partial charge in [0.05, 0.1) is 4.90 Å². The molecule has 2 aliphatic rings. The number of piperidine rings is 1. The van der Waals surface area contributed by atoms with Crippen LogP contribution in [0.15, 0.2) is 56.8 Å². The average Bonchev–Trinajstić information content (AvgIpc) is 3.00. The molecule has 2 aromatic rings. The Kier molecular flexibility index (Phi) is 5.13. The molecule has 1 fully saturated rings. The van der Waals surface area contributed by atoms with Crippen molar-refractivity contribution >= 4 is 37.6 Å². The largest absolute Gasteiger partial charge is 0.326 e. The number of aryl methyl sites for hydroxylation is 2. The highest BCUT2D eigenvalue weighted by molar-refractivity contribution is 9.10. The zero-order valence-electron chi connectivity index (χ0n) is 16.3. The summed E-state index contributed by atoms with van der Waals surface area (Å²) in [4.78, 5) is 17.6. The van der Waals surface area contributed by atoms with E-state index in [0.717, 1.165) is 21.2 Å². The van der Waals surface area contributed by atoms with Crippen LogP contribution in [0.1, 0.15) is 29.5 Å². The summed E-state index contributed by atoms with van der Waals surface area (Å²) in [5, 5.41) is 2.99. The molecular weight excluding hydrogens is 454 g/mol. The third-order valence-corrected chi connectivity index (χ3v) is 8.09. The van der Waals surface area contributed by atoms with Gasteiger partial charge in [0.1, 0.15) is 11.4 Å². The highest BCUT2D eigenvalue weighted by atomic mass is 79.9. The van der Waals surface area contributed by atoms with Gasteiger partial charge in [-0.3, -0.25) is 9.79 Å². The summed E-state index contributed by atoms with van der Waals surface area (Å²) in [6.07, 6.45) is 0.895. The molecule has 4 rings (SSSR count). The number of amides is 1. The highest BCUT2D eigenvalue weighted by Gasteiger charge is 2.44.